The van der Waals surface area contributed by atoms with E-state index >= 15 is 0 Å². The van der Waals surface area contributed by atoms with Gasteiger partial charge in [0, 0.05) is 61.3 Å². The number of fused-ring (bicyclic) bond motifs is 6. The molecule has 0 saturated heterocycles. The number of thioether (sulfide) groups is 1. The van der Waals surface area contributed by atoms with Gasteiger partial charge in [0.1, 0.15) is 17.7 Å². The number of hydrogen-bond acceptors (Lipinski definition) is 5. The molecular formula is C56H55N5S. The van der Waals surface area contributed by atoms with E-state index in [4.69, 9.17) is 9.98 Å². The molecule has 6 heteroatoms. The van der Waals surface area contributed by atoms with Crippen LogP contribution >= 0.6 is 11.8 Å². The highest BCUT2D eigenvalue weighted by molar-refractivity contribution is 8.01. The van der Waals surface area contributed by atoms with Gasteiger partial charge in [-0.15, -0.1) is 11.8 Å². The van der Waals surface area contributed by atoms with Crippen molar-refractivity contribution in [2.24, 2.45) is 27.2 Å². The Hall–Kier alpha value is -5.69. The summed E-state index contributed by atoms with van der Waals surface area (Å²) in [4.78, 5) is 15.1. The van der Waals surface area contributed by atoms with E-state index in [-0.39, 0.29) is 28.9 Å². The number of dihydropyridines is 1. The molecule has 310 valence electrons. The van der Waals surface area contributed by atoms with Crippen molar-refractivity contribution in [1.29, 1.82) is 0 Å². The first-order valence-corrected chi connectivity index (χ1v) is 23.3. The fourth-order valence-electron chi connectivity index (χ4n) is 11.6. The number of amidine groups is 1. The zero-order valence-electron chi connectivity index (χ0n) is 36.5. The molecule has 5 nitrogen and oxygen atoms in total. The van der Waals surface area contributed by atoms with E-state index in [2.05, 4.69) is 227 Å². The molecule has 9 atom stereocenters. The van der Waals surface area contributed by atoms with Gasteiger partial charge in [0.15, 0.2) is 0 Å². The predicted octanol–water partition coefficient (Wildman–Crippen LogP) is 12.8. The van der Waals surface area contributed by atoms with E-state index in [9.17, 15) is 0 Å². The van der Waals surface area contributed by atoms with Gasteiger partial charge in [-0.05, 0) is 79.3 Å². The van der Waals surface area contributed by atoms with Crippen molar-refractivity contribution < 1.29 is 0 Å². The first kappa shape index (κ1) is 39.2. The van der Waals surface area contributed by atoms with Crippen LogP contribution in [0.1, 0.15) is 92.7 Å². The zero-order chi connectivity index (χ0) is 42.4. The fourth-order valence-corrected chi connectivity index (χ4v) is 13.0. The Morgan fingerprint density at radius 3 is 2.34 bits per heavy atom. The Morgan fingerprint density at radius 2 is 1.56 bits per heavy atom. The summed E-state index contributed by atoms with van der Waals surface area (Å²) in [6.45, 7) is 12.0. The molecule has 0 bridgehead atoms. The van der Waals surface area contributed by atoms with Crippen LogP contribution in [0.3, 0.4) is 0 Å². The second-order valence-electron chi connectivity index (χ2n) is 18.8. The second kappa shape index (κ2) is 14.7. The van der Waals surface area contributed by atoms with E-state index in [1.807, 2.05) is 11.8 Å². The van der Waals surface area contributed by atoms with Crippen molar-refractivity contribution in [1.82, 2.24) is 14.8 Å². The number of aliphatic imine (C=N–C) groups is 2. The largest absolute Gasteiger partial charge is 0.351 e. The van der Waals surface area contributed by atoms with Crippen LogP contribution in [-0.2, 0) is 5.54 Å². The monoisotopic (exact) mass is 829 g/mol. The second-order valence-corrected chi connectivity index (χ2v) is 20.0. The highest BCUT2D eigenvalue weighted by Gasteiger charge is 2.57. The van der Waals surface area contributed by atoms with Crippen LogP contribution in [-0.4, -0.2) is 39.5 Å². The molecule has 0 radical (unpaired) electrons. The van der Waals surface area contributed by atoms with Crippen LogP contribution in [0, 0.1) is 17.3 Å². The van der Waals surface area contributed by atoms with Crippen LogP contribution < -0.4 is 5.32 Å². The quantitative estimate of drug-likeness (QED) is 0.185. The van der Waals surface area contributed by atoms with Crippen molar-refractivity contribution in [3.63, 3.8) is 0 Å². The number of nitrogens with zero attached hydrogens (tertiary/aromatic N) is 4. The van der Waals surface area contributed by atoms with Crippen molar-refractivity contribution in [3.05, 3.63) is 197 Å². The number of hydrogen-bond donors (Lipinski definition) is 1. The van der Waals surface area contributed by atoms with Gasteiger partial charge in [0.25, 0.3) is 0 Å². The summed E-state index contributed by atoms with van der Waals surface area (Å²) in [5.41, 5.74) is 10.4. The minimum Gasteiger partial charge on any atom is -0.351 e. The van der Waals surface area contributed by atoms with Crippen LogP contribution in [0.4, 0.5) is 0 Å². The summed E-state index contributed by atoms with van der Waals surface area (Å²) in [5, 5.41) is 5.75. The number of aromatic nitrogens is 1. The lowest BCUT2D eigenvalue weighted by atomic mass is 9.64. The Bertz CT molecular complexity index is 2860. The standard InChI is InChI=1S/C56H55N5S/c1-36-21-14-15-26-41(36)40-34-55(4,56(5)59-52(38-22-10-7-11-23-38)58-53(60(56)6)39-24-12-8-13-25-39)51(57-35-40)43-28-20-30-47-48(43)45-33-44-42-27-16-17-29-46(42)61(49(44)37(2)50(45)62-47)54(3)31-18-9-19-32-54/h7-31,33-37,41,50-51,53H,32H2,1-6H3,(H,58,59). The van der Waals surface area contributed by atoms with Gasteiger partial charge in [-0.25, -0.2) is 4.99 Å². The molecule has 9 unspecified atom stereocenters. The number of benzene rings is 4. The van der Waals surface area contributed by atoms with Gasteiger partial charge in [-0.3, -0.25) is 9.89 Å². The van der Waals surface area contributed by atoms with E-state index in [1.165, 1.54) is 54.9 Å². The maximum Gasteiger partial charge on any atom is 0.132 e. The summed E-state index contributed by atoms with van der Waals surface area (Å²) in [6.07, 6.45) is 26.3. The van der Waals surface area contributed by atoms with E-state index in [0.29, 0.717) is 11.8 Å². The number of nitrogens with one attached hydrogen (secondary N) is 1. The molecular weight excluding hydrogens is 775 g/mol. The number of para-hydroxylation sites is 1. The zero-order valence-corrected chi connectivity index (χ0v) is 37.4. The van der Waals surface area contributed by atoms with Crippen LogP contribution in [0.5, 0.6) is 0 Å². The highest BCUT2D eigenvalue weighted by Crippen LogP contribution is 2.61. The first-order chi connectivity index (χ1) is 30.1. The third-order valence-electron chi connectivity index (χ3n) is 15.2. The van der Waals surface area contributed by atoms with Gasteiger partial charge in [-0.1, -0.05) is 166 Å². The first-order valence-electron chi connectivity index (χ1n) is 22.4. The lowest BCUT2D eigenvalue weighted by Crippen LogP contribution is -2.70. The smallest absolute Gasteiger partial charge is 0.132 e. The third-order valence-corrected chi connectivity index (χ3v) is 16.7. The molecule has 4 heterocycles. The lowest BCUT2D eigenvalue weighted by Gasteiger charge is -2.58. The van der Waals surface area contributed by atoms with Crippen LogP contribution in [0.15, 0.2) is 178 Å². The fraction of sp³-hybridized carbons (Fsp3) is 0.286. The molecule has 1 aromatic heterocycles. The molecule has 0 fully saturated rings. The van der Waals surface area contributed by atoms with E-state index < -0.39 is 11.1 Å². The van der Waals surface area contributed by atoms with Crippen molar-refractivity contribution in [3.8, 4) is 0 Å². The summed E-state index contributed by atoms with van der Waals surface area (Å²) >= 11 is 2.05. The Kier molecular flexibility index (Phi) is 9.30. The molecule has 5 aromatic rings. The van der Waals surface area contributed by atoms with Gasteiger partial charge < -0.3 is 9.88 Å². The van der Waals surface area contributed by atoms with Gasteiger partial charge >= 0.3 is 0 Å². The normalized spacial score (nSPS) is 32.1. The number of allylic oxidation sites excluding steroid dienone is 9. The predicted molar refractivity (Wildman–Crippen MR) is 261 cm³/mol. The summed E-state index contributed by atoms with van der Waals surface area (Å²) in [5.74, 6) is 1.77. The molecule has 0 spiro atoms. The SMILES string of the molecule is CC1C=CC=CC1C1=CC(C)(C2(C)NC(c3ccccc3)=NC(c3ccccc3)N2C)C(c2cccc3c2C2=Cc4c(n(C5(C)C=CC=CC5)c5ccccc45)C(C)C2S3)N=C1. The molecule has 0 amide bonds. The molecule has 62 heavy (non-hydrogen) atoms. The number of rotatable bonds is 6. The maximum absolute atomic E-state index is 5.78. The minimum atomic E-state index is -0.647. The minimum absolute atomic E-state index is 0.139. The van der Waals surface area contributed by atoms with Gasteiger partial charge in [0.2, 0.25) is 0 Å². The Balaban J connectivity index is 1.10. The van der Waals surface area contributed by atoms with Crippen molar-refractivity contribution in [2.45, 2.75) is 80.5 Å². The molecule has 11 rings (SSSR count). The highest BCUT2D eigenvalue weighted by atomic mass is 32.2. The molecule has 1 N–H and O–H groups in total. The third kappa shape index (κ3) is 5.86. The topological polar surface area (TPSA) is 44.9 Å². The van der Waals surface area contributed by atoms with Gasteiger partial charge in [-0.2, -0.15) is 0 Å². The van der Waals surface area contributed by atoms with Gasteiger partial charge in [0.05, 0.1) is 11.6 Å². The van der Waals surface area contributed by atoms with Crippen LogP contribution in [0.25, 0.3) is 22.6 Å². The van der Waals surface area contributed by atoms with E-state index in [1.54, 1.807) is 0 Å². The molecule has 3 aliphatic carbocycles. The van der Waals surface area contributed by atoms with Crippen LogP contribution in [0.2, 0.25) is 0 Å². The average molecular weight is 830 g/mol. The van der Waals surface area contributed by atoms with Crippen molar-refractivity contribution >= 4 is 46.4 Å². The molecule has 3 aliphatic heterocycles. The summed E-state index contributed by atoms with van der Waals surface area (Å²) < 4.78 is 2.67. The van der Waals surface area contributed by atoms with Crippen molar-refractivity contribution in [2.75, 3.05) is 7.05 Å². The Morgan fingerprint density at radius 1 is 0.806 bits per heavy atom. The van der Waals surface area contributed by atoms with E-state index in [0.717, 1.165) is 17.8 Å². The maximum atomic E-state index is 5.78. The molecule has 4 aromatic carbocycles. The molecule has 6 aliphatic rings. The summed E-state index contributed by atoms with van der Waals surface area (Å²) in [7, 11) is 2.25. The lowest BCUT2D eigenvalue weighted by molar-refractivity contribution is -0.0323. The Labute approximate surface area is 371 Å². The average Bonchev–Trinajstić information content (AvgIpc) is 3.85. The summed E-state index contributed by atoms with van der Waals surface area (Å²) in [6, 6.07) is 37.3. The molecule has 0 saturated carbocycles.